The zero-order valence-electron chi connectivity index (χ0n) is 11.0. The third kappa shape index (κ3) is 1.73. The van der Waals surface area contributed by atoms with Gasteiger partial charge in [-0.1, -0.05) is 12.1 Å². The lowest BCUT2D eigenvalue weighted by molar-refractivity contribution is -0.137. The quantitative estimate of drug-likeness (QED) is 0.818. The van der Waals surface area contributed by atoms with Gasteiger partial charge in [-0.15, -0.1) is 0 Å². The van der Waals surface area contributed by atoms with E-state index in [1.807, 2.05) is 0 Å². The standard InChI is InChI=1S/C14H12F3N3O/c15-14(16,17)11-3-1-10(2-4-11)13(7-21-13)12(5-6-12)20-9-18-8-19-20/h1-4,8-9H,5-7H2. The van der Waals surface area contributed by atoms with Crippen molar-refractivity contribution in [3.63, 3.8) is 0 Å². The Morgan fingerprint density at radius 2 is 1.81 bits per heavy atom. The first-order chi connectivity index (χ1) is 9.98. The Bertz CT molecular complexity index is 656. The summed E-state index contributed by atoms with van der Waals surface area (Å²) >= 11 is 0. The van der Waals surface area contributed by atoms with Crippen LogP contribution in [0.5, 0.6) is 0 Å². The Morgan fingerprint density at radius 3 is 2.24 bits per heavy atom. The SMILES string of the molecule is FC(F)(F)c1ccc(C2(C3(n4cncn4)CC3)CO2)cc1. The summed E-state index contributed by atoms with van der Waals surface area (Å²) in [5.74, 6) is 0. The van der Waals surface area contributed by atoms with Crippen LogP contribution in [0.1, 0.15) is 24.0 Å². The maximum Gasteiger partial charge on any atom is 0.416 e. The molecule has 1 aliphatic carbocycles. The minimum Gasteiger partial charge on any atom is -0.362 e. The van der Waals surface area contributed by atoms with Crippen LogP contribution >= 0.6 is 0 Å². The Kier molecular flexibility index (Phi) is 2.35. The molecule has 2 aliphatic rings. The van der Waals surface area contributed by atoms with Crippen LogP contribution in [0, 0.1) is 0 Å². The van der Waals surface area contributed by atoms with E-state index in [0.29, 0.717) is 6.61 Å². The Hall–Kier alpha value is -1.89. The van der Waals surface area contributed by atoms with E-state index in [0.717, 1.165) is 30.5 Å². The maximum atomic E-state index is 12.6. The van der Waals surface area contributed by atoms with Gasteiger partial charge in [-0.2, -0.15) is 18.3 Å². The fourth-order valence-electron chi connectivity index (χ4n) is 3.07. The molecule has 2 heterocycles. The second-order valence-corrected chi connectivity index (χ2v) is 5.56. The average molecular weight is 295 g/mol. The van der Waals surface area contributed by atoms with Crippen molar-refractivity contribution in [2.45, 2.75) is 30.2 Å². The fraction of sp³-hybridized carbons (Fsp3) is 0.429. The molecule has 1 saturated heterocycles. The zero-order chi connectivity index (χ0) is 14.7. The van der Waals surface area contributed by atoms with Gasteiger partial charge in [-0.05, 0) is 30.5 Å². The molecule has 1 atom stereocenters. The second-order valence-electron chi connectivity index (χ2n) is 5.56. The molecule has 7 heteroatoms. The van der Waals surface area contributed by atoms with E-state index >= 15 is 0 Å². The van der Waals surface area contributed by atoms with Gasteiger partial charge in [0.05, 0.1) is 12.2 Å². The van der Waals surface area contributed by atoms with E-state index in [1.54, 1.807) is 11.0 Å². The van der Waals surface area contributed by atoms with Crippen molar-refractivity contribution < 1.29 is 17.9 Å². The smallest absolute Gasteiger partial charge is 0.362 e. The molecular weight excluding hydrogens is 283 g/mol. The van der Waals surface area contributed by atoms with Gasteiger partial charge in [-0.25, -0.2) is 9.67 Å². The van der Waals surface area contributed by atoms with Crippen LogP contribution in [0.25, 0.3) is 0 Å². The number of aromatic nitrogens is 3. The minimum absolute atomic E-state index is 0.302. The largest absolute Gasteiger partial charge is 0.416 e. The molecule has 2 fully saturated rings. The molecule has 0 spiro atoms. The molecular formula is C14H12F3N3O. The number of alkyl halides is 3. The summed E-state index contributed by atoms with van der Waals surface area (Å²) in [5.41, 5.74) is -0.746. The van der Waals surface area contributed by atoms with Crippen LogP contribution in [-0.2, 0) is 22.1 Å². The molecule has 1 aliphatic heterocycles. The summed E-state index contributed by atoms with van der Waals surface area (Å²) in [7, 11) is 0. The van der Waals surface area contributed by atoms with Gasteiger partial charge in [-0.3, -0.25) is 0 Å². The van der Waals surface area contributed by atoms with Crippen LogP contribution in [0.3, 0.4) is 0 Å². The summed E-state index contributed by atoms with van der Waals surface area (Å²) in [6.45, 7) is 0.498. The topological polar surface area (TPSA) is 43.2 Å². The molecule has 0 bridgehead atoms. The number of ether oxygens (including phenoxy) is 1. The van der Waals surface area contributed by atoms with Crippen LogP contribution < -0.4 is 0 Å². The van der Waals surface area contributed by atoms with Crippen molar-refractivity contribution in [2.75, 3.05) is 6.61 Å². The van der Waals surface area contributed by atoms with Crippen molar-refractivity contribution in [3.05, 3.63) is 48.0 Å². The molecule has 0 radical (unpaired) electrons. The third-order valence-electron chi connectivity index (χ3n) is 4.44. The summed E-state index contributed by atoms with van der Waals surface area (Å²) in [6.07, 6.45) is 0.553. The maximum absolute atomic E-state index is 12.6. The average Bonchev–Trinajstić information content (AvgIpc) is 3.36. The van der Waals surface area contributed by atoms with E-state index in [9.17, 15) is 13.2 Å². The number of benzene rings is 1. The summed E-state index contributed by atoms with van der Waals surface area (Å²) in [6, 6.07) is 5.23. The lowest BCUT2D eigenvalue weighted by Gasteiger charge is -2.24. The van der Waals surface area contributed by atoms with Gasteiger partial charge < -0.3 is 4.74 Å². The molecule has 1 aromatic heterocycles. The molecule has 0 N–H and O–H groups in total. The summed E-state index contributed by atoms with van der Waals surface area (Å²) in [4.78, 5) is 3.96. The lowest BCUT2D eigenvalue weighted by atomic mass is 9.89. The predicted octanol–water partition coefficient (Wildman–Crippen LogP) is 2.71. The first-order valence-electron chi connectivity index (χ1n) is 6.65. The molecule has 4 nitrogen and oxygen atoms in total. The van der Waals surface area contributed by atoms with E-state index in [-0.39, 0.29) is 5.54 Å². The summed E-state index contributed by atoms with van der Waals surface area (Å²) in [5, 5.41) is 4.18. The molecule has 2 aromatic rings. The van der Waals surface area contributed by atoms with Gasteiger partial charge in [0.15, 0.2) is 0 Å². The highest BCUT2D eigenvalue weighted by Crippen LogP contribution is 2.63. The molecule has 1 aromatic carbocycles. The number of hydrogen-bond acceptors (Lipinski definition) is 3. The minimum atomic E-state index is -4.32. The van der Waals surface area contributed by atoms with Gasteiger partial charge in [0.2, 0.25) is 0 Å². The van der Waals surface area contributed by atoms with Crippen LogP contribution in [0.4, 0.5) is 13.2 Å². The highest BCUT2D eigenvalue weighted by atomic mass is 19.4. The first-order valence-corrected chi connectivity index (χ1v) is 6.65. The van der Waals surface area contributed by atoms with Crippen molar-refractivity contribution >= 4 is 0 Å². The predicted molar refractivity (Wildman–Crippen MR) is 66.3 cm³/mol. The normalized spacial score (nSPS) is 26.6. The Morgan fingerprint density at radius 1 is 1.14 bits per heavy atom. The van der Waals surface area contributed by atoms with Gasteiger partial charge in [0.1, 0.15) is 23.8 Å². The van der Waals surface area contributed by atoms with Crippen LogP contribution in [-0.4, -0.2) is 21.4 Å². The fourth-order valence-corrected chi connectivity index (χ4v) is 3.07. The van der Waals surface area contributed by atoms with Crippen molar-refractivity contribution in [2.24, 2.45) is 0 Å². The van der Waals surface area contributed by atoms with Gasteiger partial charge in [0, 0.05) is 0 Å². The number of nitrogens with zero attached hydrogens (tertiary/aromatic N) is 3. The van der Waals surface area contributed by atoms with Crippen molar-refractivity contribution in [1.82, 2.24) is 14.8 Å². The Labute approximate surface area is 118 Å². The number of rotatable bonds is 3. The third-order valence-corrected chi connectivity index (χ3v) is 4.44. The molecule has 110 valence electrons. The number of halogens is 3. The number of hydrogen-bond donors (Lipinski definition) is 0. The molecule has 1 unspecified atom stereocenters. The van der Waals surface area contributed by atoms with Crippen LogP contribution in [0.15, 0.2) is 36.9 Å². The van der Waals surface area contributed by atoms with Crippen molar-refractivity contribution in [1.29, 1.82) is 0 Å². The lowest BCUT2D eigenvalue weighted by Crippen LogP contribution is -2.34. The highest BCUT2D eigenvalue weighted by Gasteiger charge is 2.70. The zero-order valence-corrected chi connectivity index (χ0v) is 11.0. The van der Waals surface area contributed by atoms with Crippen LogP contribution in [0.2, 0.25) is 0 Å². The molecule has 21 heavy (non-hydrogen) atoms. The highest BCUT2D eigenvalue weighted by molar-refractivity contribution is 5.37. The van der Waals surface area contributed by atoms with E-state index in [1.165, 1.54) is 18.5 Å². The molecule has 0 amide bonds. The van der Waals surface area contributed by atoms with Crippen molar-refractivity contribution in [3.8, 4) is 0 Å². The monoisotopic (exact) mass is 295 g/mol. The second kappa shape index (κ2) is 3.85. The van der Waals surface area contributed by atoms with E-state index in [2.05, 4.69) is 10.1 Å². The first kappa shape index (κ1) is 12.8. The summed E-state index contributed by atoms with van der Waals surface area (Å²) < 4.78 is 45.4. The van der Waals surface area contributed by atoms with E-state index in [4.69, 9.17) is 4.74 Å². The molecule has 1 saturated carbocycles. The van der Waals surface area contributed by atoms with E-state index < -0.39 is 17.3 Å². The number of epoxide rings is 1. The van der Waals surface area contributed by atoms with Gasteiger partial charge >= 0.3 is 6.18 Å². The Balaban J connectivity index is 1.70. The molecule has 4 rings (SSSR count). The van der Waals surface area contributed by atoms with Gasteiger partial charge in [0.25, 0.3) is 0 Å².